The van der Waals surface area contributed by atoms with Crippen molar-refractivity contribution in [1.29, 1.82) is 0 Å². The minimum atomic E-state index is -0.735. The fourth-order valence-corrected chi connectivity index (χ4v) is 4.21. The van der Waals surface area contributed by atoms with Crippen LogP contribution < -0.4 is 15.5 Å². The number of piperidine rings is 2. The van der Waals surface area contributed by atoms with Gasteiger partial charge in [-0.05, 0) is 63.9 Å². The lowest BCUT2D eigenvalue weighted by Gasteiger charge is -2.39. The summed E-state index contributed by atoms with van der Waals surface area (Å²) in [6.45, 7) is 4.21. The monoisotopic (exact) mass is 417 g/mol. The first kappa shape index (κ1) is 21.3. The number of halogens is 1. The van der Waals surface area contributed by atoms with E-state index < -0.39 is 11.6 Å². The number of nitrogens with zero attached hydrogens (tertiary/aromatic N) is 3. The smallest absolute Gasteiger partial charge is 0.249 e. The highest BCUT2D eigenvalue weighted by Gasteiger charge is 2.44. The van der Waals surface area contributed by atoms with Gasteiger partial charge in [-0.2, -0.15) is 5.10 Å². The van der Waals surface area contributed by atoms with Gasteiger partial charge in [0.05, 0.1) is 0 Å². The lowest BCUT2D eigenvalue weighted by Crippen LogP contribution is -2.60. The molecule has 2 aliphatic heterocycles. The molecule has 3 heterocycles. The Kier molecular flexibility index (Phi) is 6.59. The van der Waals surface area contributed by atoms with Gasteiger partial charge in [0.2, 0.25) is 11.8 Å². The highest BCUT2D eigenvalue weighted by molar-refractivity contribution is 6.00. The molecule has 0 aliphatic carbocycles. The van der Waals surface area contributed by atoms with Crippen molar-refractivity contribution in [3.63, 3.8) is 0 Å². The summed E-state index contributed by atoms with van der Waals surface area (Å²) >= 11 is 0. The van der Waals surface area contributed by atoms with Crippen LogP contribution in [0.4, 0.5) is 5.69 Å². The van der Waals surface area contributed by atoms with Crippen molar-refractivity contribution < 1.29 is 9.59 Å². The first-order valence-corrected chi connectivity index (χ1v) is 10.00. The van der Waals surface area contributed by atoms with Crippen LogP contribution in [0.5, 0.6) is 0 Å². The SMILES string of the molecule is Cc1ccc(N2CCCC(NC(=O)C3(n4cccn4)CCNCC3)C2=O)cc1.Cl. The first-order valence-electron chi connectivity index (χ1n) is 10.00. The van der Waals surface area contributed by atoms with Gasteiger partial charge in [-0.3, -0.25) is 14.3 Å². The van der Waals surface area contributed by atoms with Crippen LogP contribution in [0.15, 0.2) is 42.7 Å². The molecule has 0 saturated carbocycles. The molecule has 2 fully saturated rings. The van der Waals surface area contributed by atoms with Gasteiger partial charge in [0.15, 0.2) is 0 Å². The molecule has 2 aromatic rings. The van der Waals surface area contributed by atoms with Gasteiger partial charge < -0.3 is 15.5 Å². The average Bonchev–Trinajstić information content (AvgIpc) is 3.26. The average molecular weight is 418 g/mol. The van der Waals surface area contributed by atoms with Gasteiger partial charge in [-0.25, -0.2) is 0 Å². The Morgan fingerprint density at radius 1 is 1.24 bits per heavy atom. The molecule has 2 aliphatic rings. The van der Waals surface area contributed by atoms with Gasteiger partial charge in [0, 0.05) is 24.6 Å². The number of carbonyl (C=O) groups is 2. The summed E-state index contributed by atoms with van der Waals surface area (Å²) in [4.78, 5) is 28.2. The van der Waals surface area contributed by atoms with E-state index in [9.17, 15) is 9.59 Å². The summed E-state index contributed by atoms with van der Waals surface area (Å²) in [6, 6.07) is 9.29. The van der Waals surface area contributed by atoms with Crippen molar-refractivity contribution in [2.75, 3.05) is 24.5 Å². The van der Waals surface area contributed by atoms with E-state index >= 15 is 0 Å². The Hall–Kier alpha value is -2.38. The number of amides is 2. The van der Waals surface area contributed by atoms with Crippen molar-refractivity contribution >= 4 is 29.9 Å². The predicted molar refractivity (Wildman–Crippen MR) is 114 cm³/mol. The second kappa shape index (κ2) is 8.97. The number of anilines is 1. The van der Waals surface area contributed by atoms with Crippen molar-refractivity contribution in [3.8, 4) is 0 Å². The van der Waals surface area contributed by atoms with Gasteiger partial charge in [0.25, 0.3) is 0 Å². The second-order valence-electron chi connectivity index (χ2n) is 7.73. The van der Waals surface area contributed by atoms with Crippen LogP contribution >= 0.6 is 12.4 Å². The van der Waals surface area contributed by atoms with E-state index in [4.69, 9.17) is 0 Å². The third-order valence-corrected chi connectivity index (χ3v) is 5.89. The molecule has 2 saturated heterocycles. The fourth-order valence-electron chi connectivity index (χ4n) is 4.21. The zero-order valence-corrected chi connectivity index (χ0v) is 17.5. The van der Waals surface area contributed by atoms with Crippen molar-refractivity contribution in [2.24, 2.45) is 0 Å². The van der Waals surface area contributed by atoms with Crippen LogP contribution in [0.25, 0.3) is 0 Å². The van der Waals surface area contributed by atoms with Crippen LogP contribution in [-0.4, -0.2) is 47.3 Å². The Bertz CT molecular complexity index is 831. The highest BCUT2D eigenvalue weighted by Crippen LogP contribution is 2.28. The minimum Gasteiger partial charge on any atom is -0.342 e. The first-order chi connectivity index (χ1) is 13.6. The summed E-state index contributed by atoms with van der Waals surface area (Å²) in [6.07, 6.45) is 6.38. The summed E-state index contributed by atoms with van der Waals surface area (Å²) in [5, 5.41) is 10.7. The molecule has 0 bridgehead atoms. The van der Waals surface area contributed by atoms with Crippen LogP contribution in [-0.2, 0) is 15.1 Å². The maximum absolute atomic E-state index is 13.3. The zero-order chi connectivity index (χ0) is 19.6. The van der Waals surface area contributed by atoms with Crippen LogP contribution in [0.3, 0.4) is 0 Å². The third-order valence-electron chi connectivity index (χ3n) is 5.89. The van der Waals surface area contributed by atoms with Gasteiger partial charge >= 0.3 is 0 Å². The Balaban J connectivity index is 0.00000240. The van der Waals surface area contributed by atoms with E-state index in [2.05, 4.69) is 15.7 Å². The van der Waals surface area contributed by atoms with E-state index in [1.807, 2.05) is 43.5 Å². The summed E-state index contributed by atoms with van der Waals surface area (Å²) in [5.74, 6) is -0.144. The molecular formula is C21H28ClN5O2. The van der Waals surface area contributed by atoms with Crippen molar-refractivity contribution in [3.05, 3.63) is 48.3 Å². The standard InChI is InChI=1S/C21H27N5O2.ClH/c1-16-5-7-17(8-6-16)25-14-2-4-18(19(25)27)24-20(28)21(9-12-22-13-10-21)26-15-3-11-23-26;/h3,5-8,11,15,18,22H,2,4,9-10,12-14H2,1H3,(H,24,28);1H. The number of hydrogen-bond donors (Lipinski definition) is 2. The molecule has 1 aromatic carbocycles. The maximum atomic E-state index is 13.3. The zero-order valence-electron chi connectivity index (χ0n) is 16.6. The lowest BCUT2D eigenvalue weighted by atomic mass is 9.86. The molecule has 4 rings (SSSR count). The molecule has 1 aromatic heterocycles. The summed E-state index contributed by atoms with van der Waals surface area (Å²) in [5.41, 5.74) is 1.31. The quantitative estimate of drug-likeness (QED) is 0.797. The van der Waals surface area contributed by atoms with E-state index in [-0.39, 0.29) is 24.2 Å². The molecule has 1 unspecified atom stereocenters. The topological polar surface area (TPSA) is 79.3 Å². The molecule has 1 atom stereocenters. The molecule has 0 radical (unpaired) electrons. The molecule has 29 heavy (non-hydrogen) atoms. The minimum absolute atomic E-state index is 0. The number of aromatic nitrogens is 2. The van der Waals surface area contributed by atoms with Crippen LogP contribution in [0.1, 0.15) is 31.2 Å². The Morgan fingerprint density at radius 2 is 1.97 bits per heavy atom. The number of hydrogen-bond acceptors (Lipinski definition) is 4. The number of rotatable bonds is 4. The number of aryl methyl sites for hydroxylation is 1. The number of nitrogens with one attached hydrogen (secondary N) is 2. The fraction of sp³-hybridized carbons (Fsp3) is 0.476. The van der Waals surface area contributed by atoms with Crippen molar-refractivity contribution in [2.45, 2.75) is 44.2 Å². The summed E-state index contributed by atoms with van der Waals surface area (Å²) < 4.78 is 1.76. The van der Waals surface area contributed by atoms with Gasteiger partial charge in [0.1, 0.15) is 11.6 Å². The second-order valence-corrected chi connectivity index (χ2v) is 7.73. The molecule has 8 heteroatoms. The number of carbonyl (C=O) groups excluding carboxylic acids is 2. The largest absolute Gasteiger partial charge is 0.342 e. The lowest BCUT2D eigenvalue weighted by molar-refractivity contribution is -0.136. The van der Waals surface area contributed by atoms with Gasteiger partial charge in [-0.15, -0.1) is 12.4 Å². The number of benzene rings is 1. The van der Waals surface area contributed by atoms with Crippen LogP contribution in [0, 0.1) is 6.92 Å². The molecule has 7 nitrogen and oxygen atoms in total. The molecule has 2 N–H and O–H groups in total. The molecule has 2 amide bonds. The molecular weight excluding hydrogens is 390 g/mol. The van der Waals surface area contributed by atoms with Crippen molar-refractivity contribution in [1.82, 2.24) is 20.4 Å². The van der Waals surface area contributed by atoms with Crippen LogP contribution in [0.2, 0.25) is 0 Å². The van der Waals surface area contributed by atoms with E-state index in [0.29, 0.717) is 25.8 Å². The molecule has 156 valence electrons. The normalized spacial score (nSPS) is 21.3. The summed E-state index contributed by atoms with van der Waals surface area (Å²) in [7, 11) is 0. The predicted octanol–water partition coefficient (Wildman–Crippen LogP) is 2.00. The third kappa shape index (κ3) is 4.16. The maximum Gasteiger partial charge on any atom is 0.249 e. The molecule has 0 spiro atoms. The Labute approximate surface area is 177 Å². The Morgan fingerprint density at radius 3 is 2.62 bits per heavy atom. The van der Waals surface area contributed by atoms with E-state index in [1.54, 1.807) is 15.8 Å². The van der Waals surface area contributed by atoms with E-state index in [1.165, 1.54) is 0 Å². The van der Waals surface area contributed by atoms with Gasteiger partial charge in [-0.1, -0.05) is 17.7 Å². The van der Waals surface area contributed by atoms with E-state index in [0.717, 1.165) is 30.8 Å². The highest BCUT2D eigenvalue weighted by atomic mass is 35.5.